The topological polar surface area (TPSA) is 12.0 Å². The van der Waals surface area contributed by atoms with Gasteiger partial charge in [-0.1, -0.05) is 49.2 Å². The Bertz CT molecular complexity index is 336. The molecule has 90 valence electrons. The Morgan fingerprint density at radius 1 is 1.31 bits per heavy atom. The first-order valence-electron chi connectivity index (χ1n) is 6.09. The van der Waals surface area contributed by atoms with Crippen LogP contribution in [0.5, 0.6) is 0 Å². The van der Waals surface area contributed by atoms with Gasteiger partial charge in [-0.3, -0.25) is 0 Å². The van der Waals surface area contributed by atoms with Gasteiger partial charge in [0.2, 0.25) is 0 Å². The van der Waals surface area contributed by atoms with Gasteiger partial charge < -0.3 is 5.32 Å². The number of hydrogen-bond donors (Lipinski definition) is 1. The highest BCUT2D eigenvalue weighted by Gasteiger charge is 2.18. The lowest BCUT2D eigenvalue weighted by Gasteiger charge is -2.26. The van der Waals surface area contributed by atoms with Gasteiger partial charge in [0.05, 0.1) is 0 Å². The third-order valence-electron chi connectivity index (χ3n) is 3.20. The molecule has 2 atom stereocenters. The lowest BCUT2D eigenvalue weighted by Crippen LogP contribution is -2.27. The van der Waals surface area contributed by atoms with E-state index in [4.69, 9.17) is 0 Å². The second kappa shape index (κ2) is 6.41. The summed E-state index contributed by atoms with van der Waals surface area (Å²) < 4.78 is 1.16. The third-order valence-corrected chi connectivity index (χ3v) is 3.70. The van der Waals surface area contributed by atoms with Crippen LogP contribution in [0.3, 0.4) is 0 Å². The average molecular weight is 284 g/mol. The van der Waals surface area contributed by atoms with Crippen LogP contribution < -0.4 is 5.32 Å². The number of benzene rings is 1. The minimum Gasteiger partial charge on any atom is -0.310 e. The molecule has 1 N–H and O–H groups in total. The second-order valence-corrected chi connectivity index (χ2v) is 5.34. The Hall–Kier alpha value is -0.340. The standard InChI is InChI=1S/C14H22BrN/c1-5-10(3)14(16-6-2)13-8-7-12(15)9-11(13)4/h7-10,14,16H,5-6H2,1-4H3. The number of hydrogen-bond acceptors (Lipinski definition) is 1. The van der Waals surface area contributed by atoms with E-state index in [9.17, 15) is 0 Å². The van der Waals surface area contributed by atoms with Crippen LogP contribution in [0, 0.1) is 12.8 Å². The predicted molar refractivity (Wildman–Crippen MR) is 74.8 cm³/mol. The van der Waals surface area contributed by atoms with Crippen molar-refractivity contribution < 1.29 is 0 Å². The van der Waals surface area contributed by atoms with E-state index in [1.807, 2.05) is 0 Å². The fourth-order valence-corrected chi connectivity index (χ4v) is 2.54. The fraction of sp³-hybridized carbons (Fsp3) is 0.571. The van der Waals surface area contributed by atoms with E-state index in [0.29, 0.717) is 12.0 Å². The van der Waals surface area contributed by atoms with E-state index in [1.54, 1.807) is 0 Å². The highest BCUT2D eigenvalue weighted by atomic mass is 79.9. The van der Waals surface area contributed by atoms with Gasteiger partial charge in [0.25, 0.3) is 0 Å². The van der Waals surface area contributed by atoms with Gasteiger partial charge in [0.1, 0.15) is 0 Å². The van der Waals surface area contributed by atoms with Crippen LogP contribution in [0.2, 0.25) is 0 Å². The van der Waals surface area contributed by atoms with E-state index in [1.165, 1.54) is 17.5 Å². The summed E-state index contributed by atoms with van der Waals surface area (Å²) >= 11 is 3.52. The molecule has 2 unspecified atom stereocenters. The van der Waals surface area contributed by atoms with Gasteiger partial charge >= 0.3 is 0 Å². The van der Waals surface area contributed by atoms with Crippen LogP contribution in [-0.2, 0) is 0 Å². The molecule has 0 saturated heterocycles. The zero-order chi connectivity index (χ0) is 12.1. The highest BCUT2D eigenvalue weighted by Crippen LogP contribution is 2.28. The number of rotatable bonds is 5. The number of halogens is 1. The van der Waals surface area contributed by atoms with Crippen molar-refractivity contribution in [1.82, 2.24) is 5.32 Å². The molecule has 0 radical (unpaired) electrons. The van der Waals surface area contributed by atoms with Crippen molar-refractivity contribution in [3.05, 3.63) is 33.8 Å². The molecule has 0 fully saturated rings. The van der Waals surface area contributed by atoms with Crippen LogP contribution in [-0.4, -0.2) is 6.54 Å². The van der Waals surface area contributed by atoms with E-state index >= 15 is 0 Å². The molecule has 16 heavy (non-hydrogen) atoms. The van der Waals surface area contributed by atoms with Crippen molar-refractivity contribution in [1.29, 1.82) is 0 Å². The van der Waals surface area contributed by atoms with Gasteiger partial charge in [0, 0.05) is 10.5 Å². The minimum atomic E-state index is 0.475. The monoisotopic (exact) mass is 283 g/mol. The van der Waals surface area contributed by atoms with Gasteiger partial charge in [-0.25, -0.2) is 0 Å². The molecular formula is C14H22BrN. The van der Waals surface area contributed by atoms with Crippen molar-refractivity contribution in [2.45, 2.75) is 40.2 Å². The van der Waals surface area contributed by atoms with Gasteiger partial charge in [-0.15, -0.1) is 0 Å². The summed E-state index contributed by atoms with van der Waals surface area (Å²) in [5, 5.41) is 3.59. The van der Waals surface area contributed by atoms with Crippen LogP contribution >= 0.6 is 15.9 Å². The molecule has 0 saturated carbocycles. The summed E-state index contributed by atoms with van der Waals surface area (Å²) in [5.41, 5.74) is 2.79. The Morgan fingerprint density at radius 3 is 2.50 bits per heavy atom. The minimum absolute atomic E-state index is 0.475. The van der Waals surface area contributed by atoms with E-state index in [2.05, 4.69) is 67.1 Å². The molecule has 0 aliphatic rings. The lowest BCUT2D eigenvalue weighted by atomic mass is 9.90. The van der Waals surface area contributed by atoms with Gasteiger partial charge in [-0.05, 0) is 42.6 Å². The Morgan fingerprint density at radius 2 is 2.00 bits per heavy atom. The first-order valence-corrected chi connectivity index (χ1v) is 6.88. The molecule has 0 aliphatic heterocycles. The van der Waals surface area contributed by atoms with Crippen LogP contribution in [0.4, 0.5) is 0 Å². The molecule has 0 bridgehead atoms. The summed E-state index contributed by atoms with van der Waals surface area (Å²) in [6, 6.07) is 7.04. The second-order valence-electron chi connectivity index (χ2n) is 4.42. The maximum Gasteiger partial charge on any atom is 0.0348 e. The SMILES string of the molecule is CCNC(c1ccc(Br)cc1C)C(C)CC. The third kappa shape index (κ3) is 3.33. The number of nitrogens with one attached hydrogen (secondary N) is 1. The quantitative estimate of drug-likeness (QED) is 0.842. The zero-order valence-electron chi connectivity index (χ0n) is 10.7. The fourth-order valence-electron chi connectivity index (χ4n) is 2.06. The Kier molecular flexibility index (Phi) is 5.50. The zero-order valence-corrected chi connectivity index (χ0v) is 12.3. The maximum atomic E-state index is 3.59. The molecule has 1 rings (SSSR count). The van der Waals surface area contributed by atoms with Crippen molar-refractivity contribution >= 4 is 15.9 Å². The van der Waals surface area contributed by atoms with Crippen molar-refractivity contribution in [2.24, 2.45) is 5.92 Å². The molecule has 2 heteroatoms. The smallest absolute Gasteiger partial charge is 0.0348 e. The largest absolute Gasteiger partial charge is 0.310 e. The van der Waals surface area contributed by atoms with Gasteiger partial charge in [0.15, 0.2) is 0 Å². The summed E-state index contributed by atoms with van der Waals surface area (Å²) in [5.74, 6) is 0.667. The molecule has 1 aromatic rings. The van der Waals surface area contributed by atoms with E-state index in [-0.39, 0.29) is 0 Å². The Balaban J connectivity index is 3.00. The maximum absolute atomic E-state index is 3.59. The lowest BCUT2D eigenvalue weighted by molar-refractivity contribution is 0.382. The van der Waals surface area contributed by atoms with Gasteiger partial charge in [-0.2, -0.15) is 0 Å². The number of aryl methyl sites for hydroxylation is 1. The first-order chi connectivity index (χ1) is 7.60. The molecule has 0 aliphatic carbocycles. The molecule has 0 amide bonds. The first kappa shape index (κ1) is 13.7. The van der Waals surface area contributed by atoms with Crippen molar-refractivity contribution in [2.75, 3.05) is 6.54 Å². The molecule has 0 heterocycles. The van der Waals surface area contributed by atoms with Crippen molar-refractivity contribution in [3.63, 3.8) is 0 Å². The molecular weight excluding hydrogens is 262 g/mol. The van der Waals surface area contributed by atoms with Crippen LogP contribution in [0.15, 0.2) is 22.7 Å². The average Bonchev–Trinajstić information content (AvgIpc) is 2.26. The summed E-state index contributed by atoms with van der Waals surface area (Å²) in [4.78, 5) is 0. The van der Waals surface area contributed by atoms with E-state index < -0.39 is 0 Å². The molecule has 1 aromatic carbocycles. The molecule has 0 aromatic heterocycles. The predicted octanol–water partition coefficient (Wildman–Crippen LogP) is 4.45. The molecule has 1 nitrogen and oxygen atoms in total. The van der Waals surface area contributed by atoms with Crippen LogP contribution in [0.1, 0.15) is 44.4 Å². The van der Waals surface area contributed by atoms with Crippen molar-refractivity contribution in [3.8, 4) is 0 Å². The van der Waals surface area contributed by atoms with E-state index in [0.717, 1.165) is 11.0 Å². The summed E-state index contributed by atoms with van der Waals surface area (Å²) in [6.07, 6.45) is 1.20. The molecule has 0 spiro atoms. The summed E-state index contributed by atoms with van der Waals surface area (Å²) in [7, 11) is 0. The highest BCUT2D eigenvalue weighted by molar-refractivity contribution is 9.10. The Labute approximate surface area is 108 Å². The summed E-state index contributed by atoms with van der Waals surface area (Å²) in [6.45, 7) is 9.94. The normalized spacial score (nSPS) is 14.8. The van der Waals surface area contributed by atoms with Crippen LogP contribution in [0.25, 0.3) is 0 Å².